The van der Waals surface area contributed by atoms with Crippen LogP contribution in [0.3, 0.4) is 0 Å². The minimum Gasteiger partial charge on any atom is -0.452 e. The first kappa shape index (κ1) is 25.4. The zero-order valence-corrected chi connectivity index (χ0v) is 20.0. The van der Waals surface area contributed by atoms with Crippen LogP contribution in [0.15, 0.2) is 65.6 Å². The van der Waals surface area contributed by atoms with Gasteiger partial charge in [-0.1, -0.05) is 29.8 Å². The lowest BCUT2D eigenvalue weighted by Gasteiger charge is -2.12. The quantitative estimate of drug-likeness (QED) is 0.270. The molecule has 3 rings (SSSR count). The SMILES string of the molecule is Cc1ccc(NS(=O)(=O)c2cc(C(=O)OCC(=O)Nc3cc([N+](=O)[O-])ccc3C)ccc2C)cc1. The van der Waals surface area contributed by atoms with Crippen molar-refractivity contribution in [2.24, 2.45) is 0 Å². The van der Waals surface area contributed by atoms with E-state index in [1.807, 2.05) is 6.92 Å². The van der Waals surface area contributed by atoms with E-state index in [-0.39, 0.29) is 21.8 Å². The third-order valence-corrected chi connectivity index (χ3v) is 6.58. The molecule has 0 spiro atoms. The van der Waals surface area contributed by atoms with Crippen LogP contribution in [-0.4, -0.2) is 31.8 Å². The highest BCUT2D eigenvalue weighted by Crippen LogP contribution is 2.23. The first-order chi connectivity index (χ1) is 16.5. The number of nitro benzene ring substituents is 1. The van der Waals surface area contributed by atoms with Crippen LogP contribution in [0.5, 0.6) is 0 Å². The van der Waals surface area contributed by atoms with Crippen LogP contribution in [0.1, 0.15) is 27.0 Å². The number of carbonyl (C=O) groups is 2. The summed E-state index contributed by atoms with van der Waals surface area (Å²) in [5.41, 5.74) is 2.31. The van der Waals surface area contributed by atoms with Crippen LogP contribution < -0.4 is 10.0 Å². The Morgan fingerprint density at radius 2 is 1.60 bits per heavy atom. The molecule has 2 N–H and O–H groups in total. The van der Waals surface area contributed by atoms with Gasteiger partial charge in [-0.15, -0.1) is 0 Å². The van der Waals surface area contributed by atoms with Crippen molar-refractivity contribution in [1.82, 2.24) is 0 Å². The van der Waals surface area contributed by atoms with Crippen molar-refractivity contribution >= 4 is 39.0 Å². The second-order valence-electron chi connectivity index (χ2n) is 7.83. The topological polar surface area (TPSA) is 145 Å². The second-order valence-corrected chi connectivity index (χ2v) is 9.48. The van der Waals surface area contributed by atoms with Gasteiger partial charge in [-0.05, 0) is 56.2 Å². The van der Waals surface area contributed by atoms with Crippen molar-refractivity contribution < 1.29 is 27.7 Å². The molecule has 3 aromatic rings. The van der Waals surface area contributed by atoms with Gasteiger partial charge in [-0.2, -0.15) is 0 Å². The number of nitro groups is 1. The summed E-state index contributed by atoms with van der Waals surface area (Å²) in [5.74, 6) is -1.61. The Balaban J connectivity index is 1.70. The maximum absolute atomic E-state index is 12.9. The number of non-ortho nitro benzene ring substituents is 1. The summed E-state index contributed by atoms with van der Waals surface area (Å²) in [5, 5.41) is 13.4. The number of nitrogens with one attached hydrogen (secondary N) is 2. The van der Waals surface area contributed by atoms with Crippen LogP contribution in [0, 0.1) is 30.9 Å². The van der Waals surface area contributed by atoms with E-state index >= 15 is 0 Å². The molecule has 0 aliphatic heterocycles. The lowest BCUT2D eigenvalue weighted by Crippen LogP contribution is -2.22. The van der Waals surface area contributed by atoms with Gasteiger partial charge in [0, 0.05) is 17.8 Å². The number of carbonyl (C=O) groups excluding carboxylic acids is 2. The highest BCUT2D eigenvalue weighted by atomic mass is 32.2. The molecular formula is C24H23N3O7S. The first-order valence-corrected chi connectivity index (χ1v) is 11.9. The maximum Gasteiger partial charge on any atom is 0.338 e. The molecule has 0 fully saturated rings. The molecule has 11 heteroatoms. The summed E-state index contributed by atoms with van der Waals surface area (Å²) >= 11 is 0. The Kier molecular flexibility index (Phi) is 7.50. The number of nitrogens with zero attached hydrogens (tertiary/aromatic N) is 1. The normalized spacial score (nSPS) is 10.9. The van der Waals surface area contributed by atoms with Crippen LogP contribution >= 0.6 is 0 Å². The van der Waals surface area contributed by atoms with E-state index < -0.39 is 33.4 Å². The molecular weight excluding hydrogens is 474 g/mol. The van der Waals surface area contributed by atoms with Crippen molar-refractivity contribution in [2.75, 3.05) is 16.6 Å². The van der Waals surface area contributed by atoms with Gasteiger partial charge in [-0.3, -0.25) is 19.6 Å². The molecule has 0 aliphatic rings. The molecule has 182 valence electrons. The van der Waals surface area contributed by atoms with E-state index in [2.05, 4.69) is 10.0 Å². The summed E-state index contributed by atoms with van der Waals surface area (Å²) in [7, 11) is -3.99. The number of aryl methyl sites for hydroxylation is 3. The number of rotatable bonds is 8. The predicted octanol–water partition coefficient (Wildman–Crippen LogP) is 4.12. The third kappa shape index (κ3) is 6.42. The van der Waals surface area contributed by atoms with Gasteiger partial charge in [-0.25, -0.2) is 13.2 Å². The maximum atomic E-state index is 12.9. The van der Waals surface area contributed by atoms with Gasteiger partial charge in [0.2, 0.25) is 0 Å². The van der Waals surface area contributed by atoms with E-state index in [0.717, 1.165) is 5.56 Å². The van der Waals surface area contributed by atoms with Crippen molar-refractivity contribution in [3.05, 3.63) is 93.0 Å². The number of sulfonamides is 1. The molecule has 0 aromatic heterocycles. The van der Waals surface area contributed by atoms with Crippen molar-refractivity contribution in [2.45, 2.75) is 25.7 Å². The number of hydrogen-bond acceptors (Lipinski definition) is 7. The number of anilines is 2. The standard InChI is InChI=1S/C24H23N3O7S/c1-15-4-9-19(10-5-15)26-35(32,33)22-12-18(8-6-17(22)3)24(29)34-14-23(28)25-21-13-20(27(30)31)11-7-16(21)2/h4-13,26H,14H2,1-3H3,(H,25,28). The monoisotopic (exact) mass is 497 g/mol. The molecule has 35 heavy (non-hydrogen) atoms. The van der Waals surface area contributed by atoms with Crippen molar-refractivity contribution in [3.63, 3.8) is 0 Å². The smallest absolute Gasteiger partial charge is 0.338 e. The van der Waals surface area contributed by atoms with Crippen molar-refractivity contribution in [3.8, 4) is 0 Å². The number of esters is 1. The van der Waals surface area contributed by atoms with Gasteiger partial charge in [0.1, 0.15) is 0 Å². The fourth-order valence-electron chi connectivity index (χ4n) is 3.11. The number of amides is 1. The summed E-state index contributed by atoms with van der Waals surface area (Å²) in [4.78, 5) is 35.0. The molecule has 0 aliphatic carbocycles. The predicted molar refractivity (Wildman–Crippen MR) is 130 cm³/mol. The van der Waals surface area contributed by atoms with Crippen LogP contribution in [0.4, 0.5) is 17.1 Å². The number of ether oxygens (including phenoxy) is 1. The molecule has 0 atom stereocenters. The molecule has 0 heterocycles. The summed E-state index contributed by atoms with van der Waals surface area (Å²) in [6, 6.07) is 14.8. The number of benzene rings is 3. The largest absolute Gasteiger partial charge is 0.452 e. The fraction of sp³-hybridized carbons (Fsp3) is 0.167. The van der Waals surface area contributed by atoms with E-state index in [1.54, 1.807) is 38.1 Å². The van der Waals surface area contributed by atoms with Crippen LogP contribution in [0.2, 0.25) is 0 Å². The van der Waals surface area contributed by atoms with Crippen molar-refractivity contribution in [1.29, 1.82) is 0 Å². The molecule has 1 amide bonds. The summed E-state index contributed by atoms with van der Waals surface area (Å²) in [6.45, 7) is 4.46. The van der Waals surface area contributed by atoms with E-state index in [0.29, 0.717) is 16.8 Å². The third-order valence-electron chi connectivity index (χ3n) is 5.06. The summed E-state index contributed by atoms with van der Waals surface area (Å²) < 4.78 is 33.3. The Labute approximate surface area is 202 Å². The minimum absolute atomic E-state index is 0.0563. The van der Waals surface area contributed by atoms with Gasteiger partial charge in [0.15, 0.2) is 6.61 Å². The zero-order valence-electron chi connectivity index (χ0n) is 19.2. The minimum atomic E-state index is -3.99. The Morgan fingerprint density at radius 1 is 0.943 bits per heavy atom. The molecule has 3 aromatic carbocycles. The zero-order chi connectivity index (χ0) is 25.8. The van der Waals surface area contributed by atoms with E-state index in [1.165, 1.54) is 36.4 Å². The average Bonchev–Trinajstić information content (AvgIpc) is 2.80. The molecule has 0 bridgehead atoms. The first-order valence-electron chi connectivity index (χ1n) is 10.4. The Bertz CT molecular complexity index is 1400. The van der Waals surface area contributed by atoms with Gasteiger partial charge in [0.25, 0.3) is 21.6 Å². The van der Waals surface area contributed by atoms with Gasteiger partial charge in [0.05, 0.1) is 21.1 Å². The fourth-order valence-corrected chi connectivity index (χ4v) is 4.44. The van der Waals surface area contributed by atoms with E-state index in [9.17, 15) is 28.1 Å². The molecule has 0 radical (unpaired) electrons. The van der Waals surface area contributed by atoms with Gasteiger partial charge < -0.3 is 10.1 Å². The van der Waals surface area contributed by atoms with E-state index in [4.69, 9.17) is 4.74 Å². The lowest BCUT2D eigenvalue weighted by molar-refractivity contribution is -0.384. The molecule has 0 saturated carbocycles. The number of hydrogen-bond donors (Lipinski definition) is 2. The van der Waals surface area contributed by atoms with Crippen LogP contribution in [0.25, 0.3) is 0 Å². The Morgan fingerprint density at radius 3 is 2.26 bits per heavy atom. The second kappa shape index (κ2) is 10.3. The molecule has 0 saturated heterocycles. The average molecular weight is 498 g/mol. The lowest BCUT2D eigenvalue weighted by atomic mass is 10.1. The molecule has 10 nitrogen and oxygen atoms in total. The Hall–Kier alpha value is -4.25. The molecule has 0 unspecified atom stereocenters. The van der Waals surface area contributed by atoms with Crippen LogP contribution in [-0.2, 0) is 19.6 Å². The summed E-state index contributed by atoms with van der Waals surface area (Å²) in [6.07, 6.45) is 0. The highest BCUT2D eigenvalue weighted by Gasteiger charge is 2.21. The van der Waals surface area contributed by atoms with Gasteiger partial charge >= 0.3 is 5.97 Å². The highest BCUT2D eigenvalue weighted by molar-refractivity contribution is 7.92.